The molecule has 18 heavy (non-hydrogen) atoms. The van der Waals surface area contributed by atoms with Crippen LogP contribution in [0, 0.1) is 5.82 Å². The molecule has 1 saturated heterocycles. The molecule has 100 valence electrons. The molecule has 0 spiro atoms. The molecule has 0 aromatic heterocycles. The number of aromatic hydroxyl groups is 1. The van der Waals surface area contributed by atoms with Gasteiger partial charge in [0.05, 0.1) is 12.7 Å². The van der Waals surface area contributed by atoms with Crippen LogP contribution in [0.2, 0.25) is 0 Å². The molecule has 2 rings (SSSR count). The smallest absolute Gasteiger partial charge is 0.127 e. The van der Waals surface area contributed by atoms with Crippen LogP contribution in [0.1, 0.15) is 5.56 Å². The molecule has 1 fully saturated rings. The topological polar surface area (TPSA) is 44.7 Å². The minimum atomic E-state index is -0.416. The highest BCUT2D eigenvalue weighted by molar-refractivity contribution is 5.28. The van der Waals surface area contributed by atoms with Crippen LogP contribution in [-0.4, -0.2) is 49.4 Å². The van der Waals surface area contributed by atoms with E-state index in [0.717, 1.165) is 37.9 Å². The fourth-order valence-corrected chi connectivity index (χ4v) is 2.10. The maximum Gasteiger partial charge on any atom is 0.127 e. The molecule has 1 unspecified atom stereocenters. The van der Waals surface area contributed by atoms with E-state index in [0.29, 0.717) is 6.54 Å². The van der Waals surface area contributed by atoms with Crippen molar-refractivity contribution < 1.29 is 14.2 Å². The second kappa shape index (κ2) is 6.13. The molecular formula is C13H19FN2O2. The minimum absolute atomic E-state index is 0.0413. The molecule has 4 nitrogen and oxygen atoms in total. The quantitative estimate of drug-likeness (QED) is 0.840. The van der Waals surface area contributed by atoms with E-state index in [1.54, 1.807) is 6.07 Å². The van der Waals surface area contributed by atoms with Crippen molar-refractivity contribution in [2.24, 2.45) is 0 Å². The Balaban J connectivity index is 1.77. The fourth-order valence-electron chi connectivity index (χ4n) is 2.10. The van der Waals surface area contributed by atoms with Crippen molar-refractivity contribution in [1.82, 2.24) is 10.2 Å². The third kappa shape index (κ3) is 3.94. The van der Waals surface area contributed by atoms with Gasteiger partial charge in [0.2, 0.25) is 0 Å². The number of morpholine rings is 1. The Hall–Kier alpha value is -1.17. The molecule has 1 aromatic rings. The van der Waals surface area contributed by atoms with Crippen molar-refractivity contribution in [2.45, 2.75) is 12.6 Å². The van der Waals surface area contributed by atoms with Crippen LogP contribution < -0.4 is 5.32 Å². The lowest BCUT2D eigenvalue weighted by Gasteiger charge is -2.30. The van der Waals surface area contributed by atoms with Gasteiger partial charge in [0.1, 0.15) is 11.6 Å². The third-order valence-electron chi connectivity index (χ3n) is 2.99. The van der Waals surface area contributed by atoms with Gasteiger partial charge < -0.3 is 20.1 Å². The molecule has 1 aromatic carbocycles. The predicted octanol–water partition coefficient (Wildman–Crippen LogP) is 0.952. The number of likely N-dealkylation sites (N-methyl/N-ethyl adjacent to an activating group) is 1. The molecule has 0 bridgehead atoms. The van der Waals surface area contributed by atoms with Crippen LogP contribution in [0.4, 0.5) is 4.39 Å². The van der Waals surface area contributed by atoms with Gasteiger partial charge in [-0.2, -0.15) is 0 Å². The summed E-state index contributed by atoms with van der Waals surface area (Å²) in [5.41, 5.74) is 0.733. The third-order valence-corrected chi connectivity index (χ3v) is 2.99. The molecule has 2 N–H and O–H groups in total. The van der Waals surface area contributed by atoms with E-state index in [-0.39, 0.29) is 11.9 Å². The van der Waals surface area contributed by atoms with Gasteiger partial charge in [-0.05, 0) is 24.7 Å². The summed E-state index contributed by atoms with van der Waals surface area (Å²) >= 11 is 0. The molecule has 1 atom stereocenters. The number of phenolic OH excluding ortho intramolecular Hbond substituents is 1. The van der Waals surface area contributed by atoms with Crippen LogP contribution in [0.3, 0.4) is 0 Å². The van der Waals surface area contributed by atoms with Crippen molar-refractivity contribution in [3.8, 4) is 5.75 Å². The molecule has 1 aliphatic heterocycles. The highest BCUT2D eigenvalue weighted by atomic mass is 19.1. The lowest BCUT2D eigenvalue weighted by molar-refractivity contribution is -0.0182. The summed E-state index contributed by atoms with van der Waals surface area (Å²) in [6.45, 7) is 3.87. The highest BCUT2D eigenvalue weighted by Gasteiger charge is 2.16. The number of nitrogens with zero attached hydrogens (tertiary/aromatic N) is 1. The first-order valence-electron chi connectivity index (χ1n) is 6.13. The van der Waals surface area contributed by atoms with Gasteiger partial charge >= 0.3 is 0 Å². The first-order valence-corrected chi connectivity index (χ1v) is 6.13. The van der Waals surface area contributed by atoms with E-state index >= 15 is 0 Å². The van der Waals surface area contributed by atoms with E-state index in [4.69, 9.17) is 4.74 Å². The zero-order valence-corrected chi connectivity index (χ0v) is 10.5. The number of hydrogen-bond acceptors (Lipinski definition) is 4. The Bertz CT molecular complexity index is 380. The molecule has 5 heteroatoms. The SMILES string of the molecule is CN1CCOC(CNCc2cc(O)cc(F)c2)C1. The van der Waals surface area contributed by atoms with Crippen molar-refractivity contribution in [2.75, 3.05) is 33.3 Å². The number of benzene rings is 1. The average Bonchev–Trinajstić information content (AvgIpc) is 2.27. The van der Waals surface area contributed by atoms with Crippen molar-refractivity contribution in [3.63, 3.8) is 0 Å². The molecule has 1 aliphatic rings. The summed E-state index contributed by atoms with van der Waals surface area (Å²) in [7, 11) is 2.07. The number of rotatable bonds is 4. The largest absolute Gasteiger partial charge is 0.508 e. The fraction of sp³-hybridized carbons (Fsp3) is 0.538. The number of phenols is 1. The monoisotopic (exact) mass is 254 g/mol. The Labute approximate surface area is 106 Å². The van der Waals surface area contributed by atoms with Crippen molar-refractivity contribution in [3.05, 3.63) is 29.6 Å². The summed E-state index contributed by atoms with van der Waals surface area (Å²) in [5.74, 6) is -0.458. The molecule has 0 saturated carbocycles. The number of nitrogens with one attached hydrogen (secondary N) is 1. The molecule has 0 amide bonds. The Morgan fingerprint density at radius 3 is 3.06 bits per heavy atom. The Morgan fingerprint density at radius 2 is 2.33 bits per heavy atom. The van der Waals surface area contributed by atoms with E-state index in [2.05, 4.69) is 17.3 Å². The molecule has 0 radical (unpaired) electrons. The van der Waals surface area contributed by atoms with Crippen molar-refractivity contribution >= 4 is 0 Å². The van der Waals surface area contributed by atoms with Crippen molar-refractivity contribution in [1.29, 1.82) is 0 Å². The first kappa shape index (κ1) is 13.3. The second-order valence-corrected chi connectivity index (χ2v) is 4.70. The Kier molecular flexibility index (Phi) is 4.52. The number of ether oxygens (including phenoxy) is 1. The summed E-state index contributed by atoms with van der Waals surface area (Å²) in [6.07, 6.45) is 0.172. The normalized spacial score (nSPS) is 21.1. The van der Waals surface area contributed by atoms with Crippen LogP contribution in [0.5, 0.6) is 5.75 Å². The number of halogens is 1. The first-order chi connectivity index (χ1) is 8.63. The molecular weight excluding hydrogens is 235 g/mol. The van der Waals surface area contributed by atoms with Gasteiger partial charge in [-0.15, -0.1) is 0 Å². The van der Waals surface area contributed by atoms with Gasteiger partial charge in [0, 0.05) is 32.2 Å². The van der Waals surface area contributed by atoms with Gasteiger partial charge in [0.15, 0.2) is 0 Å². The van der Waals surface area contributed by atoms with E-state index in [9.17, 15) is 9.50 Å². The van der Waals surface area contributed by atoms with Gasteiger partial charge in [-0.1, -0.05) is 0 Å². The van der Waals surface area contributed by atoms with Crippen LogP contribution in [0.25, 0.3) is 0 Å². The van der Waals surface area contributed by atoms with E-state index in [1.165, 1.54) is 6.07 Å². The average molecular weight is 254 g/mol. The summed E-state index contributed by atoms with van der Waals surface area (Å²) in [6, 6.07) is 4.08. The van der Waals surface area contributed by atoms with Gasteiger partial charge in [-0.3, -0.25) is 0 Å². The zero-order valence-electron chi connectivity index (χ0n) is 10.5. The number of hydrogen-bond donors (Lipinski definition) is 2. The van der Waals surface area contributed by atoms with Crippen LogP contribution in [-0.2, 0) is 11.3 Å². The maximum absolute atomic E-state index is 13.0. The molecule has 0 aliphatic carbocycles. The molecule has 1 heterocycles. The highest BCUT2D eigenvalue weighted by Crippen LogP contribution is 2.14. The second-order valence-electron chi connectivity index (χ2n) is 4.70. The van der Waals surface area contributed by atoms with Crippen LogP contribution in [0.15, 0.2) is 18.2 Å². The standard InChI is InChI=1S/C13H19FN2O2/c1-16-2-3-18-13(9-16)8-15-7-10-4-11(14)6-12(17)5-10/h4-6,13,15,17H,2-3,7-9H2,1H3. The van der Waals surface area contributed by atoms with Crippen LogP contribution >= 0.6 is 0 Å². The summed E-state index contributed by atoms with van der Waals surface area (Å²) in [5, 5.41) is 12.5. The summed E-state index contributed by atoms with van der Waals surface area (Å²) in [4.78, 5) is 2.23. The Morgan fingerprint density at radius 1 is 1.50 bits per heavy atom. The van der Waals surface area contributed by atoms with E-state index < -0.39 is 5.82 Å². The van der Waals surface area contributed by atoms with E-state index in [1.807, 2.05) is 0 Å². The minimum Gasteiger partial charge on any atom is -0.508 e. The van der Waals surface area contributed by atoms with Gasteiger partial charge in [-0.25, -0.2) is 4.39 Å². The van der Waals surface area contributed by atoms with Gasteiger partial charge in [0.25, 0.3) is 0 Å². The summed E-state index contributed by atoms with van der Waals surface area (Å²) < 4.78 is 18.6. The lowest BCUT2D eigenvalue weighted by Crippen LogP contribution is -2.44. The zero-order chi connectivity index (χ0) is 13.0. The maximum atomic E-state index is 13.0. The lowest BCUT2D eigenvalue weighted by atomic mass is 10.2. The predicted molar refractivity (Wildman–Crippen MR) is 67.0 cm³/mol.